The Morgan fingerprint density at radius 3 is 2.39 bits per heavy atom. The van der Waals surface area contributed by atoms with Crippen LogP contribution in [0.4, 0.5) is 0 Å². The zero-order valence-electron chi connectivity index (χ0n) is 12.5. The van der Waals surface area contributed by atoms with Gasteiger partial charge in [0.1, 0.15) is 17.0 Å². The molecule has 0 aromatic heterocycles. The molecule has 0 heterocycles. The quantitative estimate of drug-likeness (QED) is 0.715. The molecule has 0 aromatic carbocycles. The second-order valence-corrected chi connectivity index (χ2v) is 6.05. The molecule has 0 saturated heterocycles. The summed E-state index contributed by atoms with van der Waals surface area (Å²) in [6.07, 6.45) is 0.717. The summed E-state index contributed by atoms with van der Waals surface area (Å²) in [6.45, 7) is -0.489. The average Bonchev–Trinajstić information content (AvgIpc) is 3.08. The van der Waals surface area contributed by atoms with Crippen molar-refractivity contribution in [3.63, 3.8) is 0 Å². The van der Waals surface area contributed by atoms with Crippen LogP contribution in [-0.2, 0) is 9.59 Å². The van der Waals surface area contributed by atoms with E-state index in [0.29, 0.717) is 19.3 Å². The van der Waals surface area contributed by atoms with Crippen LogP contribution in [0.5, 0.6) is 0 Å². The lowest BCUT2D eigenvalue weighted by Gasteiger charge is -2.31. The minimum absolute atomic E-state index is 0.0932. The molecule has 2 aliphatic carbocycles. The van der Waals surface area contributed by atoms with Gasteiger partial charge in [0.05, 0.1) is 30.7 Å². The number of aliphatic hydroxyl groups excluding tert-OH is 1. The average molecular weight is 312 g/mol. The van der Waals surface area contributed by atoms with Gasteiger partial charge in [-0.1, -0.05) is 0 Å². The first-order chi connectivity index (χ1) is 10.9. The molecular weight excluding hydrogens is 296 g/mol. The number of Topliss-reactive ketones (excluding diaryl/α,β-unsaturated/α-hetero) is 2. The van der Waals surface area contributed by atoms with Crippen LogP contribution in [0.3, 0.4) is 0 Å². The standard InChI is InChI=1S/C16H16N4O3/c17-7-15(8-18)4-10(6-21)14(20)16(15,9-19)5-13(23)11-2-1-3-12(11)22/h11,21H,1-6,20H2. The number of nitrogens with two attached hydrogens (primary N) is 1. The highest BCUT2D eigenvalue weighted by Crippen LogP contribution is 2.56. The number of ketones is 2. The Balaban J connectivity index is 2.48. The van der Waals surface area contributed by atoms with Crippen LogP contribution in [-0.4, -0.2) is 23.3 Å². The van der Waals surface area contributed by atoms with Crippen LogP contribution >= 0.6 is 0 Å². The second-order valence-electron chi connectivity index (χ2n) is 6.05. The van der Waals surface area contributed by atoms with Crippen LogP contribution in [0.1, 0.15) is 32.1 Å². The zero-order chi connectivity index (χ0) is 17.3. The van der Waals surface area contributed by atoms with Crippen molar-refractivity contribution in [2.75, 3.05) is 6.61 Å². The van der Waals surface area contributed by atoms with Crippen LogP contribution in [0.2, 0.25) is 0 Å². The summed E-state index contributed by atoms with van der Waals surface area (Å²) in [5, 5.41) is 38.0. The van der Waals surface area contributed by atoms with Crippen molar-refractivity contribution in [2.45, 2.75) is 32.1 Å². The molecule has 0 bridgehead atoms. The maximum atomic E-state index is 12.5. The maximum absolute atomic E-state index is 12.5. The molecule has 7 heteroatoms. The van der Waals surface area contributed by atoms with Crippen LogP contribution < -0.4 is 5.73 Å². The van der Waals surface area contributed by atoms with Gasteiger partial charge in [-0.3, -0.25) is 9.59 Å². The van der Waals surface area contributed by atoms with E-state index in [1.54, 1.807) is 0 Å². The predicted octanol–water partition coefficient (Wildman–Crippen LogP) is 0.467. The predicted molar refractivity (Wildman–Crippen MR) is 76.6 cm³/mol. The Hall–Kier alpha value is -2.69. The molecule has 1 fully saturated rings. The van der Waals surface area contributed by atoms with Gasteiger partial charge in [0.15, 0.2) is 5.41 Å². The van der Waals surface area contributed by atoms with Crippen molar-refractivity contribution in [1.82, 2.24) is 0 Å². The summed E-state index contributed by atoms with van der Waals surface area (Å²) < 4.78 is 0. The van der Waals surface area contributed by atoms with Crippen molar-refractivity contribution >= 4 is 11.6 Å². The van der Waals surface area contributed by atoms with E-state index in [2.05, 4.69) is 0 Å². The minimum Gasteiger partial charge on any atom is -0.401 e. The fourth-order valence-corrected chi connectivity index (χ4v) is 3.52. The first kappa shape index (κ1) is 16.7. The molecule has 1 saturated carbocycles. The summed E-state index contributed by atoms with van der Waals surface area (Å²) in [5.74, 6) is -1.43. The van der Waals surface area contributed by atoms with Gasteiger partial charge in [0, 0.05) is 25.0 Å². The van der Waals surface area contributed by atoms with Crippen molar-refractivity contribution in [2.24, 2.45) is 22.5 Å². The Kier molecular flexibility index (Phi) is 4.23. The van der Waals surface area contributed by atoms with Crippen LogP contribution in [0.15, 0.2) is 11.3 Å². The van der Waals surface area contributed by atoms with E-state index < -0.39 is 35.6 Å². The number of hydrogen-bond acceptors (Lipinski definition) is 7. The third kappa shape index (κ3) is 2.20. The first-order valence-electron chi connectivity index (χ1n) is 7.29. The summed E-state index contributed by atoms with van der Waals surface area (Å²) in [6, 6.07) is 5.52. The fourth-order valence-electron chi connectivity index (χ4n) is 3.52. The number of hydrogen-bond donors (Lipinski definition) is 2. The lowest BCUT2D eigenvalue weighted by molar-refractivity contribution is -0.132. The zero-order valence-corrected chi connectivity index (χ0v) is 12.5. The van der Waals surface area contributed by atoms with Gasteiger partial charge in [-0.25, -0.2) is 0 Å². The van der Waals surface area contributed by atoms with E-state index in [-0.39, 0.29) is 23.5 Å². The Labute approximate surface area is 133 Å². The molecular formula is C16H16N4O3. The van der Waals surface area contributed by atoms with E-state index in [0.717, 1.165) is 0 Å². The van der Waals surface area contributed by atoms with E-state index in [1.807, 2.05) is 18.2 Å². The highest BCUT2D eigenvalue weighted by molar-refractivity contribution is 6.04. The van der Waals surface area contributed by atoms with Crippen molar-refractivity contribution in [3.8, 4) is 18.2 Å². The lowest BCUT2D eigenvalue weighted by Crippen LogP contribution is -2.42. The third-order valence-corrected chi connectivity index (χ3v) is 4.94. The van der Waals surface area contributed by atoms with Gasteiger partial charge in [0.25, 0.3) is 0 Å². The summed E-state index contributed by atoms with van der Waals surface area (Å²) in [4.78, 5) is 24.3. The number of allylic oxidation sites excluding steroid dienone is 1. The summed E-state index contributed by atoms with van der Waals surface area (Å²) in [5.41, 5.74) is 2.42. The summed E-state index contributed by atoms with van der Waals surface area (Å²) in [7, 11) is 0. The van der Waals surface area contributed by atoms with Crippen LogP contribution in [0, 0.1) is 50.7 Å². The number of aliphatic hydroxyl groups is 1. The minimum atomic E-state index is -1.83. The Morgan fingerprint density at radius 2 is 1.96 bits per heavy atom. The summed E-state index contributed by atoms with van der Waals surface area (Å²) >= 11 is 0. The SMILES string of the molecule is N#CC1(C#N)CC(CO)=C(N)C1(C#N)CC(=O)C1CCCC1=O. The molecule has 2 aliphatic rings. The number of nitrogens with zero attached hydrogens (tertiary/aromatic N) is 3. The van der Waals surface area contributed by atoms with E-state index in [9.17, 15) is 30.5 Å². The van der Waals surface area contributed by atoms with Gasteiger partial charge in [-0.2, -0.15) is 15.8 Å². The molecule has 3 N–H and O–H groups in total. The highest BCUT2D eigenvalue weighted by atomic mass is 16.3. The molecule has 0 radical (unpaired) electrons. The number of carbonyl (C=O) groups excluding carboxylic acids is 2. The van der Waals surface area contributed by atoms with E-state index in [4.69, 9.17) is 5.73 Å². The monoisotopic (exact) mass is 312 g/mol. The topological polar surface area (TPSA) is 152 Å². The second kappa shape index (κ2) is 5.83. The molecule has 7 nitrogen and oxygen atoms in total. The smallest absolute Gasteiger partial charge is 0.172 e. The van der Waals surface area contributed by atoms with Gasteiger partial charge < -0.3 is 10.8 Å². The largest absolute Gasteiger partial charge is 0.401 e. The van der Waals surface area contributed by atoms with Crippen molar-refractivity contribution in [3.05, 3.63) is 11.3 Å². The van der Waals surface area contributed by atoms with Gasteiger partial charge in [-0.05, 0) is 18.4 Å². The molecule has 2 rings (SSSR count). The fraction of sp³-hybridized carbons (Fsp3) is 0.562. The van der Waals surface area contributed by atoms with E-state index in [1.165, 1.54) is 0 Å². The third-order valence-electron chi connectivity index (χ3n) is 4.94. The highest BCUT2D eigenvalue weighted by Gasteiger charge is 2.62. The molecule has 0 amide bonds. The normalized spacial score (nSPS) is 29.0. The van der Waals surface area contributed by atoms with Crippen molar-refractivity contribution < 1.29 is 14.7 Å². The van der Waals surface area contributed by atoms with Gasteiger partial charge >= 0.3 is 0 Å². The maximum Gasteiger partial charge on any atom is 0.172 e. The van der Waals surface area contributed by atoms with Gasteiger partial charge in [-0.15, -0.1) is 0 Å². The molecule has 118 valence electrons. The Bertz CT molecular complexity index is 705. The Morgan fingerprint density at radius 1 is 1.30 bits per heavy atom. The number of nitriles is 3. The molecule has 0 aromatic rings. The molecule has 0 aliphatic heterocycles. The molecule has 2 unspecified atom stereocenters. The van der Waals surface area contributed by atoms with Gasteiger partial charge in [0.2, 0.25) is 0 Å². The molecule has 0 spiro atoms. The van der Waals surface area contributed by atoms with Crippen LogP contribution in [0.25, 0.3) is 0 Å². The van der Waals surface area contributed by atoms with Crippen molar-refractivity contribution in [1.29, 1.82) is 15.8 Å². The number of rotatable bonds is 4. The number of carbonyl (C=O) groups is 2. The first-order valence-corrected chi connectivity index (χ1v) is 7.29. The molecule has 2 atom stereocenters. The molecule has 23 heavy (non-hydrogen) atoms. The van der Waals surface area contributed by atoms with E-state index >= 15 is 0 Å². The lowest BCUT2D eigenvalue weighted by atomic mass is 9.63.